The third-order valence-corrected chi connectivity index (χ3v) is 3.46. The lowest BCUT2D eigenvalue weighted by atomic mass is 9.89. The maximum atomic E-state index is 8.97. The molecule has 1 heterocycles. The van der Waals surface area contributed by atoms with Crippen LogP contribution in [0.25, 0.3) is 0 Å². The van der Waals surface area contributed by atoms with Gasteiger partial charge in [0.15, 0.2) is 0 Å². The van der Waals surface area contributed by atoms with E-state index in [9.17, 15) is 0 Å². The zero-order valence-corrected chi connectivity index (χ0v) is 13.4. The van der Waals surface area contributed by atoms with Crippen LogP contribution in [-0.4, -0.2) is 11.1 Å². The first-order valence-electron chi connectivity index (χ1n) is 7.69. The number of aryl methyl sites for hydroxylation is 1. The number of rotatable bonds is 9. The van der Waals surface area contributed by atoms with Crippen LogP contribution in [0, 0.1) is 22.7 Å². The van der Waals surface area contributed by atoms with Gasteiger partial charge in [-0.15, -0.1) is 0 Å². The Morgan fingerprint density at radius 2 is 2.10 bits per heavy atom. The molecular weight excluding hydrogens is 246 g/mol. The molecule has 0 aliphatic rings. The van der Waals surface area contributed by atoms with Crippen molar-refractivity contribution < 1.29 is 0 Å². The Morgan fingerprint density at radius 1 is 1.35 bits per heavy atom. The minimum absolute atomic E-state index is 0.178. The molecule has 20 heavy (non-hydrogen) atoms. The second-order valence-electron chi connectivity index (χ2n) is 6.74. The predicted octanol–water partition coefficient (Wildman–Crippen LogP) is 3.95. The zero-order chi connectivity index (χ0) is 15.0. The molecule has 1 aromatic rings. The summed E-state index contributed by atoms with van der Waals surface area (Å²) in [4.78, 5) is 0. The van der Waals surface area contributed by atoms with Crippen LogP contribution in [0.1, 0.15) is 52.5 Å². The fraction of sp³-hybridized carbons (Fsp3) is 0.706. The van der Waals surface area contributed by atoms with Gasteiger partial charge in [0.2, 0.25) is 0 Å². The van der Waals surface area contributed by atoms with Crippen LogP contribution in [0.4, 0.5) is 0 Å². The fourth-order valence-corrected chi connectivity index (χ4v) is 2.16. The SMILES string of the molecule is CC(C)CNCc1ccn(CCCCC(C)(C)C#N)c1. The highest BCUT2D eigenvalue weighted by Crippen LogP contribution is 2.21. The Kier molecular flexibility index (Phi) is 6.81. The van der Waals surface area contributed by atoms with Crippen LogP contribution in [0.3, 0.4) is 0 Å². The minimum atomic E-state index is -0.178. The Bertz CT molecular complexity index is 424. The molecule has 0 saturated heterocycles. The van der Waals surface area contributed by atoms with E-state index in [4.69, 9.17) is 5.26 Å². The standard InChI is InChI=1S/C17H29N3/c1-15(2)11-19-12-16-7-10-20(13-16)9-6-5-8-17(3,4)14-18/h7,10,13,15,19H,5-6,8-9,11-12H2,1-4H3. The van der Waals surface area contributed by atoms with Crippen molar-refractivity contribution in [3.05, 3.63) is 24.0 Å². The first-order valence-corrected chi connectivity index (χ1v) is 7.69. The Labute approximate surface area is 124 Å². The second-order valence-corrected chi connectivity index (χ2v) is 6.74. The summed E-state index contributed by atoms with van der Waals surface area (Å²) < 4.78 is 2.26. The summed E-state index contributed by atoms with van der Waals surface area (Å²) in [7, 11) is 0. The molecule has 0 unspecified atom stereocenters. The largest absolute Gasteiger partial charge is 0.354 e. The number of unbranched alkanes of at least 4 members (excludes halogenated alkanes) is 1. The van der Waals surface area contributed by atoms with E-state index in [0.29, 0.717) is 5.92 Å². The van der Waals surface area contributed by atoms with Crippen molar-refractivity contribution in [3.63, 3.8) is 0 Å². The van der Waals surface area contributed by atoms with Gasteiger partial charge >= 0.3 is 0 Å². The first-order chi connectivity index (χ1) is 9.43. The molecule has 1 aromatic heterocycles. The van der Waals surface area contributed by atoms with Gasteiger partial charge in [-0.2, -0.15) is 5.26 Å². The van der Waals surface area contributed by atoms with Gasteiger partial charge in [-0.3, -0.25) is 0 Å². The van der Waals surface area contributed by atoms with Gasteiger partial charge in [0.1, 0.15) is 0 Å². The molecular formula is C17H29N3. The normalized spacial score (nSPS) is 11.8. The topological polar surface area (TPSA) is 40.8 Å². The van der Waals surface area contributed by atoms with Crippen molar-refractivity contribution in [2.24, 2.45) is 11.3 Å². The molecule has 0 aliphatic heterocycles. The summed E-state index contributed by atoms with van der Waals surface area (Å²) in [5.74, 6) is 0.695. The summed E-state index contributed by atoms with van der Waals surface area (Å²) in [5.41, 5.74) is 1.17. The molecule has 0 amide bonds. The van der Waals surface area contributed by atoms with E-state index in [1.165, 1.54) is 5.56 Å². The molecule has 1 rings (SSSR count). The van der Waals surface area contributed by atoms with Gasteiger partial charge < -0.3 is 9.88 Å². The maximum Gasteiger partial charge on any atom is 0.0683 e. The van der Waals surface area contributed by atoms with Crippen molar-refractivity contribution in [2.45, 2.75) is 60.0 Å². The molecule has 3 nitrogen and oxygen atoms in total. The zero-order valence-electron chi connectivity index (χ0n) is 13.4. The summed E-state index contributed by atoms with van der Waals surface area (Å²) in [6, 6.07) is 4.55. The van der Waals surface area contributed by atoms with Gasteiger partial charge in [0.25, 0.3) is 0 Å². The highest BCUT2D eigenvalue weighted by Gasteiger charge is 2.15. The van der Waals surface area contributed by atoms with Crippen LogP contribution < -0.4 is 5.32 Å². The van der Waals surface area contributed by atoms with E-state index >= 15 is 0 Å². The summed E-state index contributed by atoms with van der Waals surface area (Å²) in [6.45, 7) is 11.5. The highest BCUT2D eigenvalue weighted by atomic mass is 14.9. The molecule has 0 aliphatic carbocycles. The average molecular weight is 275 g/mol. The Balaban J connectivity index is 2.22. The molecule has 0 fully saturated rings. The van der Waals surface area contributed by atoms with E-state index in [1.54, 1.807) is 0 Å². The van der Waals surface area contributed by atoms with Crippen LogP contribution in [-0.2, 0) is 13.1 Å². The molecule has 0 bridgehead atoms. The molecule has 112 valence electrons. The number of nitriles is 1. The smallest absolute Gasteiger partial charge is 0.0683 e. The Morgan fingerprint density at radius 3 is 2.75 bits per heavy atom. The van der Waals surface area contributed by atoms with E-state index in [-0.39, 0.29) is 5.41 Å². The van der Waals surface area contributed by atoms with Crippen molar-refractivity contribution >= 4 is 0 Å². The monoisotopic (exact) mass is 275 g/mol. The number of nitrogens with one attached hydrogen (secondary N) is 1. The van der Waals surface area contributed by atoms with Crippen molar-refractivity contribution in [1.82, 2.24) is 9.88 Å². The highest BCUT2D eigenvalue weighted by molar-refractivity contribution is 5.09. The predicted molar refractivity (Wildman–Crippen MR) is 84.2 cm³/mol. The van der Waals surface area contributed by atoms with E-state index in [2.05, 4.69) is 48.3 Å². The van der Waals surface area contributed by atoms with Gasteiger partial charge in [0.05, 0.1) is 11.5 Å². The molecule has 0 saturated carbocycles. The lowest BCUT2D eigenvalue weighted by Crippen LogP contribution is -2.18. The summed E-state index contributed by atoms with van der Waals surface area (Å²) in [5, 5.41) is 12.4. The summed E-state index contributed by atoms with van der Waals surface area (Å²) in [6.07, 6.45) is 7.61. The number of hydrogen-bond acceptors (Lipinski definition) is 2. The van der Waals surface area contributed by atoms with E-state index in [0.717, 1.165) is 38.9 Å². The van der Waals surface area contributed by atoms with Gasteiger partial charge in [-0.25, -0.2) is 0 Å². The lowest BCUT2D eigenvalue weighted by Gasteiger charge is -2.14. The van der Waals surface area contributed by atoms with Crippen molar-refractivity contribution in [3.8, 4) is 6.07 Å². The van der Waals surface area contributed by atoms with Crippen LogP contribution in [0.15, 0.2) is 18.5 Å². The molecule has 0 radical (unpaired) electrons. The second kappa shape index (κ2) is 8.11. The third-order valence-electron chi connectivity index (χ3n) is 3.46. The fourth-order valence-electron chi connectivity index (χ4n) is 2.16. The average Bonchev–Trinajstić information content (AvgIpc) is 2.82. The molecule has 3 heteroatoms. The van der Waals surface area contributed by atoms with Crippen molar-refractivity contribution in [2.75, 3.05) is 6.54 Å². The van der Waals surface area contributed by atoms with Crippen LogP contribution in [0.5, 0.6) is 0 Å². The molecule has 0 spiro atoms. The van der Waals surface area contributed by atoms with E-state index in [1.807, 2.05) is 13.8 Å². The minimum Gasteiger partial charge on any atom is -0.354 e. The van der Waals surface area contributed by atoms with Crippen molar-refractivity contribution in [1.29, 1.82) is 5.26 Å². The van der Waals surface area contributed by atoms with Crippen LogP contribution >= 0.6 is 0 Å². The van der Waals surface area contributed by atoms with Crippen LogP contribution in [0.2, 0.25) is 0 Å². The first kappa shape index (κ1) is 16.8. The van der Waals surface area contributed by atoms with Gasteiger partial charge in [-0.05, 0) is 50.8 Å². The maximum absolute atomic E-state index is 8.97. The van der Waals surface area contributed by atoms with Gasteiger partial charge in [-0.1, -0.05) is 20.3 Å². The van der Waals surface area contributed by atoms with E-state index < -0.39 is 0 Å². The Hall–Kier alpha value is -1.27. The number of aromatic nitrogens is 1. The molecule has 0 aromatic carbocycles. The number of nitrogens with zero attached hydrogens (tertiary/aromatic N) is 2. The quantitative estimate of drug-likeness (QED) is 0.693. The summed E-state index contributed by atoms with van der Waals surface area (Å²) >= 11 is 0. The molecule has 0 atom stereocenters. The molecule has 1 N–H and O–H groups in total. The van der Waals surface area contributed by atoms with Gasteiger partial charge in [0, 0.05) is 25.5 Å². The third kappa shape index (κ3) is 6.77. The number of hydrogen-bond donors (Lipinski definition) is 1. The lowest BCUT2D eigenvalue weighted by molar-refractivity contribution is 0.417.